The number of nitro benzene ring substituents is 1. The van der Waals surface area contributed by atoms with Crippen molar-refractivity contribution in [3.8, 4) is 79.6 Å². The summed E-state index contributed by atoms with van der Waals surface area (Å²) in [6.45, 7) is 0. The molecule has 0 atom stereocenters. The Balaban J connectivity index is 0.000000134. The van der Waals surface area contributed by atoms with Crippen molar-refractivity contribution in [2.75, 3.05) is 0 Å². The molecular formula is C89H50Cl2F17N15O8. The number of hydrogen-bond donors (Lipinski definition) is 6. The second kappa shape index (κ2) is 38.2. The van der Waals surface area contributed by atoms with E-state index in [9.17, 15) is 114 Å². The molecule has 131 heavy (non-hydrogen) atoms. The molecule has 0 unspecified atom stereocenters. The van der Waals surface area contributed by atoms with Crippen LogP contribution < -0.4 is 33.4 Å². The lowest BCUT2D eigenvalue weighted by atomic mass is 10.0. The van der Waals surface area contributed by atoms with E-state index in [2.05, 4.69) is 69.8 Å². The normalized spacial score (nSPS) is 11.6. The minimum absolute atomic E-state index is 0.00448. The molecule has 6 N–H and O–H groups in total. The molecule has 10 aromatic carbocycles. The van der Waals surface area contributed by atoms with E-state index in [1.54, 1.807) is 103 Å². The maximum Gasteiger partial charge on any atom is 0.417 e. The smallest absolute Gasteiger partial charge is 0.306 e. The first-order valence-electron chi connectivity index (χ1n) is 37.3. The highest BCUT2D eigenvalue weighted by atomic mass is 35.5. The maximum absolute atomic E-state index is 13.3. The average Bonchev–Trinajstić information content (AvgIpc) is 0.792. The fraction of sp³-hybridized carbons (Fsp3) is 0.0562. The van der Waals surface area contributed by atoms with Crippen molar-refractivity contribution in [3.63, 3.8) is 0 Å². The van der Waals surface area contributed by atoms with Crippen LogP contribution >= 0.6 is 23.2 Å². The van der Waals surface area contributed by atoms with E-state index >= 15 is 0 Å². The van der Waals surface area contributed by atoms with Crippen LogP contribution in [0.5, 0.6) is 0 Å². The minimum Gasteiger partial charge on any atom is -0.306 e. The number of benzene rings is 10. The van der Waals surface area contributed by atoms with Crippen LogP contribution in [0.15, 0.2) is 296 Å². The van der Waals surface area contributed by atoms with E-state index in [0.29, 0.717) is 85.9 Å². The van der Waals surface area contributed by atoms with Crippen molar-refractivity contribution in [1.82, 2.24) is 69.8 Å². The topological polar surface area (TPSA) is 343 Å². The fourth-order valence-corrected chi connectivity index (χ4v) is 13.2. The zero-order valence-corrected chi connectivity index (χ0v) is 66.9. The van der Waals surface area contributed by atoms with Crippen molar-refractivity contribution < 1.29 is 79.6 Å². The summed E-state index contributed by atoms with van der Waals surface area (Å²) < 4.78 is 222. The number of non-ortho nitro benzene ring substituents is 1. The van der Waals surface area contributed by atoms with Gasteiger partial charge >= 0.3 is 30.9 Å². The lowest BCUT2D eigenvalue weighted by molar-refractivity contribution is -0.384. The van der Waals surface area contributed by atoms with E-state index in [4.69, 9.17) is 23.2 Å². The summed E-state index contributed by atoms with van der Waals surface area (Å²) in [7, 11) is 0. The summed E-state index contributed by atoms with van der Waals surface area (Å²) in [6, 6.07) is 54.9. The second-order valence-corrected chi connectivity index (χ2v) is 28.1. The third-order valence-electron chi connectivity index (χ3n) is 18.7. The van der Waals surface area contributed by atoms with E-state index in [1.165, 1.54) is 97.3 Å². The van der Waals surface area contributed by atoms with Gasteiger partial charge < -0.3 is 29.9 Å². The van der Waals surface area contributed by atoms with Crippen LogP contribution in [0, 0.1) is 21.7 Å². The number of fused-ring (bicyclic) bond motifs is 5. The molecule has 23 nitrogen and oxygen atoms in total. The van der Waals surface area contributed by atoms with Crippen molar-refractivity contribution in [1.29, 1.82) is 0 Å². The number of aromatic nitrogens is 14. The molecule has 8 heterocycles. The minimum atomic E-state index is -5.05. The third kappa shape index (κ3) is 21.9. The molecule has 0 spiro atoms. The Labute approximate surface area is 728 Å². The predicted octanol–water partition coefficient (Wildman–Crippen LogP) is 21.4. The monoisotopic (exact) mass is 1850 g/mol. The molecule has 0 saturated carbocycles. The predicted molar refractivity (Wildman–Crippen MR) is 452 cm³/mol. The van der Waals surface area contributed by atoms with Gasteiger partial charge in [-0.3, -0.25) is 43.9 Å². The van der Waals surface area contributed by atoms with Gasteiger partial charge in [0.05, 0.1) is 104 Å². The summed E-state index contributed by atoms with van der Waals surface area (Å²) in [6.07, 6.45) is -19.4. The van der Waals surface area contributed by atoms with E-state index in [1.807, 2.05) is 6.07 Å². The van der Waals surface area contributed by atoms with Crippen molar-refractivity contribution >= 4 is 83.4 Å². The summed E-state index contributed by atoms with van der Waals surface area (Å²) in [5, 5.41) is 12.9. The number of rotatable bonds is 8. The van der Waals surface area contributed by atoms with Crippen LogP contribution in [-0.2, 0) is 30.9 Å². The molecule has 662 valence electrons. The molecule has 0 radical (unpaired) electrons. The Bertz CT molecular complexity index is 7790. The molecule has 18 rings (SSSR count). The van der Waals surface area contributed by atoms with Gasteiger partial charge in [-0.1, -0.05) is 108 Å². The average molecular weight is 1850 g/mol. The molecule has 0 fully saturated rings. The highest BCUT2D eigenvalue weighted by Crippen LogP contribution is 2.43. The van der Waals surface area contributed by atoms with Crippen LogP contribution in [0.3, 0.4) is 0 Å². The number of para-hydroxylation sites is 5. The van der Waals surface area contributed by atoms with E-state index in [0.717, 1.165) is 18.2 Å². The van der Waals surface area contributed by atoms with Gasteiger partial charge in [-0.2, -0.15) is 65.9 Å². The number of nitro groups is 1. The first kappa shape index (κ1) is 92.5. The quantitative estimate of drug-likeness (QED) is 0.0356. The van der Waals surface area contributed by atoms with Gasteiger partial charge in [-0.05, 0) is 146 Å². The number of nitrogens with one attached hydrogen (secondary N) is 6. The maximum atomic E-state index is 13.3. The molecule has 0 aliphatic heterocycles. The Morgan fingerprint density at radius 3 is 1.08 bits per heavy atom. The van der Waals surface area contributed by atoms with Gasteiger partial charge in [0.2, 0.25) is 0 Å². The van der Waals surface area contributed by atoms with E-state index in [-0.39, 0.29) is 101 Å². The summed E-state index contributed by atoms with van der Waals surface area (Å²) in [4.78, 5) is 129. The van der Waals surface area contributed by atoms with Crippen LogP contribution in [0.25, 0.3) is 134 Å². The van der Waals surface area contributed by atoms with Crippen molar-refractivity contribution in [2.45, 2.75) is 30.9 Å². The number of pyridine rings is 2. The fourth-order valence-electron chi connectivity index (χ4n) is 12.7. The van der Waals surface area contributed by atoms with Crippen LogP contribution in [0.1, 0.15) is 27.8 Å². The lowest BCUT2D eigenvalue weighted by Gasteiger charge is -2.15. The zero-order valence-electron chi connectivity index (χ0n) is 65.4. The van der Waals surface area contributed by atoms with Gasteiger partial charge in [-0.25, -0.2) is 43.7 Å². The SMILES string of the molecule is O=c1[nH]c(-c2cc(F)ccc2C(F)(F)F)nc2ccccc12.O=c1[nH]c(-c2ccc(C(F)(F)F)cc2C(F)(F)F)nc2ccccc12.O=c1[nH]c(-c2ccc(F)cc2C(F)(F)F)nc2ccccc12.O=c1[nH]c(-c2ccc([N+](=O)[O-])cc2Cl)nc2ccccc12.O=c1[nH]c(-c2cccnc2Cl)nc2ccccc12.O=c1cc(-c2ccncc2)nc(-c2ccccc2C(F)(F)F)[nH]1. The third-order valence-corrected chi connectivity index (χ3v) is 19.3. The Kier molecular flexibility index (Phi) is 27.0. The molecule has 8 aromatic heterocycles. The summed E-state index contributed by atoms with van der Waals surface area (Å²) in [5.74, 6) is -2.32. The van der Waals surface area contributed by atoms with Gasteiger partial charge in [0, 0.05) is 70.2 Å². The molecule has 0 bridgehead atoms. The first-order valence-corrected chi connectivity index (χ1v) is 38.0. The second-order valence-electron chi connectivity index (χ2n) is 27.3. The lowest BCUT2D eigenvalue weighted by Crippen LogP contribution is -2.15. The molecule has 18 aromatic rings. The highest BCUT2D eigenvalue weighted by molar-refractivity contribution is 6.33. The molecule has 42 heteroatoms. The van der Waals surface area contributed by atoms with Crippen LogP contribution in [-0.4, -0.2) is 74.7 Å². The standard InChI is InChI=1S/C16H8F6N2O.C16H10F3N3O.2C15H8F4N2O.C14H8ClN3O3.C13H8ClN3O/c17-15(18,19)8-5-6-9(11(7-8)16(20,21)22)13-23-12-4-2-1-3-10(12)14(25)24-13;17-16(18,19)12-4-2-1-3-11(12)15-21-13(9-14(23)22-15)10-5-7-20-8-6-10;16-8-5-6-9(11(7-8)15(17,18)19)13-20-12-4-2-1-3-10(12)14(22)21-13;16-8-5-6-11(15(17,18)19)10(7-8)13-20-12-4-2-1-3-9(12)14(22)21-13;15-11-7-8(18(20)21)5-6-9(11)13-16-12-4-2-1-3-10(12)14(19)17-13;14-11-9(5-3-7-15-11)12-16-10-6-2-1-4-8(10)13(18)17-12/h1-7H,(H,23,24,25);1-9H,(H,21,22,23);2*1-7H,(H,20,21,22);1-7H,(H,16,17,19);1-7H,(H,16,17,18). The molecule has 0 aliphatic rings. The first-order chi connectivity index (χ1) is 62.0. The summed E-state index contributed by atoms with van der Waals surface area (Å²) in [5.41, 5.74) is -6.99. The molecule has 0 aliphatic carbocycles. The number of hydrogen-bond acceptors (Lipinski definition) is 16. The largest absolute Gasteiger partial charge is 0.417 e. The number of aromatic amines is 6. The Hall–Kier alpha value is -16.1. The number of halogens is 19. The Morgan fingerprint density at radius 2 is 0.656 bits per heavy atom. The van der Waals surface area contributed by atoms with Crippen LogP contribution in [0.4, 0.5) is 80.3 Å². The van der Waals surface area contributed by atoms with Gasteiger partial charge in [-0.15, -0.1) is 0 Å². The van der Waals surface area contributed by atoms with Gasteiger partial charge in [0.25, 0.3) is 39.0 Å². The Morgan fingerprint density at radius 1 is 0.305 bits per heavy atom. The molecule has 0 saturated heterocycles. The number of H-pyrrole nitrogens is 6. The van der Waals surface area contributed by atoms with Gasteiger partial charge in [0.15, 0.2) is 0 Å². The zero-order chi connectivity index (χ0) is 94.2. The van der Waals surface area contributed by atoms with Crippen molar-refractivity contribution in [3.05, 3.63) is 389 Å². The number of alkyl halides is 15. The van der Waals surface area contributed by atoms with Crippen molar-refractivity contribution in [2.24, 2.45) is 0 Å². The van der Waals surface area contributed by atoms with Gasteiger partial charge in [0.1, 0.15) is 51.7 Å². The summed E-state index contributed by atoms with van der Waals surface area (Å²) >= 11 is 12.0. The number of nitrogens with zero attached hydrogens (tertiary/aromatic N) is 9. The highest BCUT2D eigenvalue weighted by Gasteiger charge is 2.41. The molecule has 0 amide bonds. The molecular weight excluding hydrogens is 1800 g/mol. The van der Waals surface area contributed by atoms with Crippen LogP contribution in [0.2, 0.25) is 10.2 Å². The van der Waals surface area contributed by atoms with E-state index < -0.39 is 114 Å².